The number of ether oxygens (including phenoxy) is 2. The summed E-state index contributed by atoms with van der Waals surface area (Å²) in [5.41, 5.74) is 1.37. The average Bonchev–Trinajstić information content (AvgIpc) is 2.88. The number of carbonyl (C=O) groups is 1. The Morgan fingerprint density at radius 1 is 1.48 bits per heavy atom. The second kappa shape index (κ2) is 8.86. The summed E-state index contributed by atoms with van der Waals surface area (Å²) >= 11 is 0. The monoisotopic (exact) mass is 292 g/mol. The Kier molecular flexibility index (Phi) is 7.11. The molecule has 0 bridgehead atoms. The highest BCUT2D eigenvalue weighted by atomic mass is 16.5. The molecule has 1 aromatic rings. The van der Waals surface area contributed by atoms with Gasteiger partial charge in [0.2, 0.25) is 0 Å². The number of hydrogen-bond acceptors (Lipinski definition) is 5. The third-order valence-corrected chi connectivity index (χ3v) is 2.79. The molecule has 0 unspecified atom stereocenters. The van der Waals surface area contributed by atoms with Crippen molar-refractivity contribution in [1.29, 1.82) is 0 Å². The minimum absolute atomic E-state index is 0.123. The largest absolute Gasteiger partial charge is 0.461 e. The van der Waals surface area contributed by atoms with Gasteiger partial charge in [-0.1, -0.05) is 6.58 Å². The fraction of sp³-hybridized carbons (Fsp3) is 0.400. The first kappa shape index (κ1) is 16.8. The van der Waals surface area contributed by atoms with Gasteiger partial charge in [0.25, 0.3) is 0 Å². The maximum Gasteiger partial charge on any atom is 0.354 e. The Labute approximate surface area is 124 Å². The van der Waals surface area contributed by atoms with E-state index in [0.29, 0.717) is 25.5 Å². The van der Waals surface area contributed by atoms with Gasteiger partial charge in [-0.2, -0.15) is 0 Å². The summed E-state index contributed by atoms with van der Waals surface area (Å²) in [5, 5.41) is 2.73. The molecule has 1 heterocycles. The second-order valence-electron chi connectivity index (χ2n) is 4.28. The average molecular weight is 292 g/mol. The lowest BCUT2D eigenvalue weighted by atomic mass is 10.3. The van der Waals surface area contributed by atoms with Crippen LogP contribution >= 0.6 is 0 Å². The topological polar surface area (TPSA) is 69.9 Å². The molecule has 0 aliphatic rings. The number of esters is 1. The maximum atomic E-state index is 11.9. The quantitative estimate of drug-likeness (QED) is 0.303. The van der Waals surface area contributed by atoms with Crippen molar-refractivity contribution in [3.8, 4) is 0 Å². The number of hydrogen-bond donors (Lipinski definition) is 0. The zero-order chi connectivity index (χ0) is 15.7. The van der Waals surface area contributed by atoms with Gasteiger partial charge in [0.05, 0.1) is 6.61 Å². The molecule has 0 radical (unpaired) electrons. The van der Waals surface area contributed by atoms with Crippen molar-refractivity contribution in [3.63, 3.8) is 0 Å². The maximum absolute atomic E-state index is 11.9. The predicted molar refractivity (Wildman–Crippen MR) is 80.9 cm³/mol. The minimum Gasteiger partial charge on any atom is -0.461 e. The highest BCUT2D eigenvalue weighted by molar-refractivity contribution is 5.88. The molecule has 6 heteroatoms. The molecule has 0 aromatic carbocycles. The van der Waals surface area contributed by atoms with E-state index in [1.165, 1.54) is 6.08 Å². The summed E-state index contributed by atoms with van der Waals surface area (Å²) in [4.78, 5) is 22.2. The Morgan fingerprint density at radius 2 is 2.24 bits per heavy atom. The van der Waals surface area contributed by atoms with E-state index in [0.717, 1.165) is 12.1 Å². The fourth-order valence-corrected chi connectivity index (χ4v) is 1.84. The van der Waals surface area contributed by atoms with E-state index in [-0.39, 0.29) is 11.7 Å². The number of aromatic nitrogens is 1. The van der Waals surface area contributed by atoms with Crippen molar-refractivity contribution in [2.75, 3.05) is 20.3 Å². The number of nitroso groups, excluding NO2 is 1. The molecule has 114 valence electrons. The van der Waals surface area contributed by atoms with Crippen LogP contribution in [0.5, 0.6) is 0 Å². The number of carbonyl (C=O) groups excluding carboxylic acids is 1. The van der Waals surface area contributed by atoms with Gasteiger partial charge in [-0.3, -0.25) is 0 Å². The Bertz CT molecular complexity index is 532. The number of allylic oxidation sites excluding steroid dienone is 1. The van der Waals surface area contributed by atoms with Crippen LogP contribution in [0.1, 0.15) is 29.5 Å². The molecular weight excluding hydrogens is 272 g/mol. The molecule has 21 heavy (non-hydrogen) atoms. The molecule has 1 aromatic heterocycles. The third kappa shape index (κ3) is 5.00. The zero-order valence-corrected chi connectivity index (χ0v) is 12.4. The molecule has 0 aliphatic heterocycles. The van der Waals surface area contributed by atoms with Gasteiger partial charge in [-0.05, 0) is 42.8 Å². The van der Waals surface area contributed by atoms with E-state index >= 15 is 0 Å². The molecule has 0 aliphatic carbocycles. The Balaban J connectivity index is 3.00. The van der Waals surface area contributed by atoms with Crippen LogP contribution in [0.3, 0.4) is 0 Å². The zero-order valence-electron chi connectivity index (χ0n) is 12.4. The van der Waals surface area contributed by atoms with Crippen LogP contribution in [-0.4, -0.2) is 30.9 Å². The van der Waals surface area contributed by atoms with Gasteiger partial charge in [-0.15, -0.1) is 4.91 Å². The van der Waals surface area contributed by atoms with Crippen LogP contribution in [0.2, 0.25) is 0 Å². The Morgan fingerprint density at radius 3 is 2.86 bits per heavy atom. The number of methoxy groups -OCH3 is 1. The van der Waals surface area contributed by atoms with Crippen LogP contribution in [0, 0.1) is 4.91 Å². The smallest absolute Gasteiger partial charge is 0.354 e. The van der Waals surface area contributed by atoms with E-state index in [9.17, 15) is 9.70 Å². The molecule has 0 saturated heterocycles. The van der Waals surface area contributed by atoms with E-state index in [1.807, 2.05) is 4.57 Å². The standard InChI is InChI=1S/C15H20N2O4/c1-4-21-15(18)14-9-8-13(7-6-12(2)16-19)17(14)10-5-11-20-3/h6-9H,2,4-5,10-11H2,1,3H3/b7-6-. The lowest BCUT2D eigenvalue weighted by molar-refractivity contribution is 0.0513. The van der Waals surface area contributed by atoms with Crippen LogP contribution in [0.15, 0.2) is 35.7 Å². The highest BCUT2D eigenvalue weighted by Crippen LogP contribution is 2.14. The molecule has 0 fully saturated rings. The second-order valence-corrected chi connectivity index (χ2v) is 4.28. The molecular formula is C15H20N2O4. The van der Waals surface area contributed by atoms with Crippen molar-refractivity contribution in [2.24, 2.45) is 5.18 Å². The van der Waals surface area contributed by atoms with E-state index < -0.39 is 0 Å². The van der Waals surface area contributed by atoms with E-state index in [4.69, 9.17) is 9.47 Å². The Hall–Kier alpha value is -2.21. The predicted octanol–water partition coefficient (Wildman–Crippen LogP) is 2.99. The highest BCUT2D eigenvalue weighted by Gasteiger charge is 2.14. The van der Waals surface area contributed by atoms with Gasteiger partial charge in [0.1, 0.15) is 11.4 Å². The molecule has 6 nitrogen and oxygen atoms in total. The van der Waals surface area contributed by atoms with Crippen LogP contribution in [0.4, 0.5) is 0 Å². The molecule has 0 N–H and O–H groups in total. The normalized spacial score (nSPS) is 10.8. The third-order valence-electron chi connectivity index (χ3n) is 2.79. The first-order valence-electron chi connectivity index (χ1n) is 6.70. The summed E-state index contributed by atoms with van der Waals surface area (Å²) < 4.78 is 11.9. The molecule has 1 rings (SSSR count). The summed E-state index contributed by atoms with van der Waals surface area (Å²) in [5.74, 6) is -0.373. The van der Waals surface area contributed by atoms with Crippen molar-refractivity contribution in [3.05, 3.63) is 46.8 Å². The van der Waals surface area contributed by atoms with Crippen LogP contribution in [0.25, 0.3) is 6.08 Å². The van der Waals surface area contributed by atoms with Crippen molar-refractivity contribution >= 4 is 12.0 Å². The lowest BCUT2D eigenvalue weighted by Crippen LogP contribution is -2.14. The van der Waals surface area contributed by atoms with Gasteiger partial charge in [0, 0.05) is 26.0 Å². The van der Waals surface area contributed by atoms with E-state index in [2.05, 4.69) is 11.8 Å². The van der Waals surface area contributed by atoms with Gasteiger partial charge in [0.15, 0.2) is 0 Å². The number of nitrogens with zero attached hydrogens (tertiary/aromatic N) is 2. The summed E-state index contributed by atoms with van der Waals surface area (Å²) in [6, 6.07) is 3.48. The first-order chi connectivity index (χ1) is 10.1. The number of rotatable bonds is 9. The molecule has 0 saturated carbocycles. The fourth-order valence-electron chi connectivity index (χ4n) is 1.84. The molecule has 0 atom stereocenters. The summed E-state index contributed by atoms with van der Waals surface area (Å²) in [6.07, 6.45) is 3.95. The van der Waals surface area contributed by atoms with Crippen molar-refractivity contribution < 1.29 is 14.3 Å². The van der Waals surface area contributed by atoms with E-state index in [1.54, 1.807) is 32.2 Å². The van der Waals surface area contributed by atoms with Gasteiger partial charge < -0.3 is 14.0 Å². The van der Waals surface area contributed by atoms with Gasteiger partial charge >= 0.3 is 5.97 Å². The molecule has 0 spiro atoms. The lowest BCUT2D eigenvalue weighted by Gasteiger charge is -2.11. The minimum atomic E-state index is -0.373. The van der Waals surface area contributed by atoms with Crippen molar-refractivity contribution in [1.82, 2.24) is 4.57 Å². The first-order valence-corrected chi connectivity index (χ1v) is 6.70. The molecule has 0 amide bonds. The summed E-state index contributed by atoms with van der Waals surface area (Å²) in [6.45, 7) is 6.75. The SMILES string of the molecule is C=C(/C=C\c1ccc(C(=O)OCC)n1CCCOC)N=O. The van der Waals surface area contributed by atoms with Crippen LogP contribution in [-0.2, 0) is 16.0 Å². The van der Waals surface area contributed by atoms with Gasteiger partial charge in [-0.25, -0.2) is 4.79 Å². The summed E-state index contributed by atoms with van der Waals surface area (Å²) in [7, 11) is 1.63. The van der Waals surface area contributed by atoms with Crippen molar-refractivity contribution in [2.45, 2.75) is 19.9 Å². The van der Waals surface area contributed by atoms with Crippen LogP contribution < -0.4 is 0 Å².